The number of nitrogens with one attached hydrogen (secondary N) is 4. The molecule has 0 atom stereocenters. The molecule has 0 saturated heterocycles. The van der Waals surface area contributed by atoms with E-state index >= 15 is 0 Å². The molecule has 0 aliphatic heterocycles. The van der Waals surface area contributed by atoms with E-state index in [4.69, 9.17) is 12.2 Å². The molecule has 0 heterocycles. The van der Waals surface area contributed by atoms with Crippen molar-refractivity contribution in [1.82, 2.24) is 16.2 Å². The Kier molecular flexibility index (Phi) is 8.71. The Morgan fingerprint density at radius 3 is 2.27 bits per heavy atom. The van der Waals surface area contributed by atoms with Gasteiger partial charge in [0.1, 0.15) is 0 Å². The van der Waals surface area contributed by atoms with Gasteiger partial charge >= 0.3 is 0 Å². The van der Waals surface area contributed by atoms with Gasteiger partial charge in [-0.3, -0.25) is 30.6 Å². The molecule has 0 fully saturated rings. The van der Waals surface area contributed by atoms with Crippen molar-refractivity contribution in [3.05, 3.63) is 71.3 Å². The number of hydrogen-bond donors (Lipinski definition) is 4. The van der Waals surface area contributed by atoms with Gasteiger partial charge in [0.2, 0.25) is 11.8 Å². The molecule has 2 aromatic carbocycles. The van der Waals surface area contributed by atoms with Gasteiger partial charge in [-0.05, 0) is 61.5 Å². The summed E-state index contributed by atoms with van der Waals surface area (Å²) in [5, 5.41) is 5.15. The van der Waals surface area contributed by atoms with Crippen molar-refractivity contribution in [3.63, 3.8) is 0 Å². The first-order chi connectivity index (χ1) is 14.4. The maximum Gasteiger partial charge on any atom is 0.269 e. The van der Waals surface area contributed by atoms with Gasteiger partial charge in [0.05, 0.1) is 0 Å². The zero-order chi connectivity index (χ0) is 21.9. The Labute approximate surface area is 180 Å². The molecule has 4 N–H and O–H groups in total. The van der Waals surface area contributed by atoms with Crippen LogP contribution in [0.15, 0.2) is 54.6 Å². The second-order valence-electron chi connectivity index (χ2n) is 6.52. The molecule has 8 heteroatoms. The van der Waals surface area contributed by atoms with E-state index in [0.29, 0.717) is 17.7 Å². The van der Waals surface area contributed by atoms with E-state index < -0.39 is 11.8 Å². The minimum Gasteiger partial charge on any atom is -0.326 e. The Morgan fingerprint density at radius 1 is 0.967 bits per heavy atom. The molecule has 2 aromatic rings. The third-order valence-electron chi connectivity index (χ3n) is 3.94. The SMILES string of the molecule is CCCC(=O)Nc1ccc(C(=O)NNC(=S)NC(=O)/C=C/c2ccc(C)cc2)cc1. The Morgan fingerprint density at radius 2 is 1.63 bits per heavy atom. The van der Waals surface area contributed by atoms with Crippen LogP contribution in [-0.4, -0.2) is 22.8 Å². The normalized spacial score (nSPS) is 10.3. The number of thiocarbonyl (C=S) groups is 1. The van der Waals surface area contributed by atoms with Crippen molar-refractivity contribution in [3.8, 4) is 0 Å². The van der Waals surface area contributed by atoms with Crippen LogP contribution in [0.2, 0.25) is 0 Å². The minimum absolute atomic E-state index is 0.0367. The molecule has 30 heavy (non-hydrogen) atoms. The lowest BCUT2D eigenvalue weighted by atomic mass is 10.1. The van der Waals surface area contributed by atoms with Crippen molar-refractivity contribution in [1.29, 1.82) is 0 Å². The molecule has 0 aromatic heterocycles. The highest BCUT2D eigenvalue weighted by Gasteiger charge is 2.08. The van der Waals surface area contributed by atoms with Crippen molar-refractivity contribution in [2.75, 3.05) is 5.32 Å². The number of amides is 3. The van der Waals surface area contributed by atoms with Gasteiger partial charge < -0.3 is 5.32 Å². The van der Waals surface area contributed by atoms with Crippen LogP contribution >= 0.6 is 12.2 Å². The van der Waals surface area contributed by atoms with Gasteiger partial charge in [0.25, 0.3) is 5.91 Å². The fourth-order valence-electron chi connectivity index (χ4n) is 2.38. The topological polar surface area (TPSA) is 99.3 Å². The summed E-state index contributed by atoms with van der Waals surface area (Å²) in [6.45, 7) is 3.91. The maximum absolute atomic E-state index is 12.2. The van der Waals surface area contributed by atoms with Gasteiger partial charge in [0.15, 0.2) is 5.11 Å². The highest BCUT2D eigenvalue weighted by atomic mass is 32.1. The molecule has 0 radical (unpaired) electrons. The number of anilines is 1. The molecule has 0 saturated carbocycles. The molecule has 0 unspecified atom stereocenters. The summed E-state index contributed by atoms with van der Waals surface area (Å²) in [4.78, 5) is 35.7. The lowest BCUT2D eigenvalue weighted by molar-refractivity contribution is -0.116. The summed E-state index contributed by atoms with van der Waals surface area (Å²) in [7, 11) is 0. The number of hydrogen-bond acceptors (Lipinski definition) is 4. The van der Waals surface area contributed by atoms with E-state index in [1.54, 1.807) is 30.3 Å². The second kappa shape index (κ2) is 11.5. The first kappa shape index (κ1) is 22.8. The van der Waals surface area contributed by atoms with E-state index in [2.05, 4.69) is 21.5 Å². The third kappa shape index (κ3) is 7.84. The van der Waals surface area contributed by atoms with E-state index in [1.807, 2.05) is 38.1 Å². The zero-order valence-corrected chi connectivity index (χ0v) is 17.6. The van der Waals surface area contributed by atoms with Gasteiger partial charge in [-0.25, -0.2) is 0 Å². The Hall–Kier alpha value is -3.52. The number of rotatable bonds is 6. The first-order valence-electron chi connectivity index (χ1n) is 9.43. The lowest BCUT2D eigenvalue weighted by Crippen LogP contribution is -2.48. The zero-order valence-electron chi connectivity index (χ0n) is 16.8. The van der Waals surface area contributed by atoms with Gasteiger partial charge in [0, 0.05) is 23.7 Å². The summed E-state index contributed by atoms with van der Waals surface area (Å²) >= 11 is 5.00. The molecule has 2 rings (SSSR count). The minimum atomic E-state index is -0.437. The van der Waals surface area contributed by atoms with E-state index in [-0.39, 0.29) is 11.0 Å². The fourth-order valence-corrected chi connectivity index (χ4v) is 2.53. The molecule has 0 spiro atoms. The molecule has 0 aliphatic carbocycles. The summed E-state index contributed by atoms with van der Waals surface area (Å²) in [5.41, 5.74) is 7.88. The van der Waals surface area contributed by atoms with Crippen LogP contribution in [0.3, 0.4) is 0 Å². The van der Waals surface area contributed by atoms with Crippen LogP contribution in [0.4, 0.5) is 5.69 Å². The molecule has 0 bridgehead atoms. The average Bonchev–Trinajstić information content (AvgIpc) is 2.72. The van der Waals surface area contributed by atoms with Gasteiger partial charge in [-0.1, -0.05) is 36.8 Å². The molecule has 3 amide bonds. The number of carbonyl (C=O) groups is 3. The Bertz CT molecular complexity index is 938. The molecule has 156 valence electrons. The number of aryl methyl sites for hydroxylation is 1. The maximum atomic E-state index is 12.2. The summed E-state index contributed by atoms with van der Waals surface area (Å²) < 4.78 is 0. The van der Waals surface area contributed by atoms with Crippen molar-refractivity contribution < 1.29 is 14.4 Å². The van der Waals surface area contributed by atoms with E-state index in [9.17, 15) is 14.4 Å². The van der Waals surface area contributed by atoms with Crippen LogP contribution in [-0.2, 0) is 9.59 Å². The standard InChI is InChI=1S/C22H24N4O3S/c1-3-4-19(27)23-18-12-10-17(11-13-18)21(29)25-26-22(30)24-20(28)14-9-16-7-5-15(2)6-8-16/h5-14H,3-4H2,1-2H3,(H,23,27)(H,25,29)(H2,24,26,28,30)/b14-9+. The first-order valence-corrected chi connectivity index (χ1v) is 9.84. The summed E-state index contributed by atoms with van der Waals surface area (Å²) in [6, 6.07) is 14.1. The number of benzene rings is 2. The van der Waals surface area contributed by atoms with Crippen LogP contribution in [0, 0.1) is 6.92 Å². The highest BCUT2D eigenvalue weighted by Crippen LogP contribution is 2.10. The van der Waals surface area contributed by atoms with Gasteiger partial charge in [-0.2, -0.15) is 0 Å². The quantitative estimate of drug-likeness (QED) is 0.324. The molecule has 7 nitrogen and oxygen atoms in total. The monoisotopic (exact) mass is 424 g/mol. The summed E-state index contributed by atoms with van der Waals surface area (Å²) in [6.07, 6.45) is 4.22. The largest absolute Gasteiger partial charge is 0.326 e. The summed E-state index contributed by atoms with van der Waals surface area (Å²) in [5.74, 6) is -0.934. The average molecular weight is 425 g/mol. The van der Waals surface area contributed by atoms with Gasteiger partial charge in [-0.15, -0.1) is 0 Å². The Balaban J connectivity index is 1.78. The third-order valence-corrected chi connectivity index (χ3v) is 4.14. The number of carbonyl (C=O) groups excluding carboxylic acids is 3. The molecular formula is C22H24N4O3S. The van der Waals surface area contributed by atoms with Crippen LogP contribution in [0.1, 0.15) is 41.3 Å². The van der Waals surface area contributed by atoms with Crippen molar-refractivity contribution in [2.45, 2.75) is 26.7 Å². The number of hydrazine groups is 1. The smallest absolute Gasteiger partial charge is 0.269 e. The van der Waals surface area contributed by atoms with Crippen LogP contribution in [0.25, 0.3) is 6.08 Å². The van der Waals surface area contributed by atoms with Crippen molar-refractivity contribution >= 4 is 46.8 Å². The lowest BCUT2D eigenvalue weighted by Gasteiger charge is -2.10. The van der Waals surface area contributed by atoms with Crippen LogP contribution in [0.5, 0.6) is 0 Å². The molecule has 0 aliphatic rings. The molecular weight excluding hydrogens is 400 g/mol. The van der Waals surface area contributed by atoms with E-state index in [1.165, 1.54) is 6.08 Å². The second-order valence-corrected chi connectivity index (χ2v) is 6.93. The fraction of sp³-hybridized carbons (Fsp3) is 0.182. The van der Waals surface area contributed by atoms with Crippen LogP contribution < -0.4 is 21.5 Å². The predicted molar refractivity (Wildman–Crippen MR) is 122 cm³/mol. The highest BCUT2D eigenvalue weighted by molar-refractivity contribution is 7.80. The predicted octanol–water partition coefficient (Wildman–Crippen LogP) is 3.08. The van der Waals surface area contributed by atoms with E-state index in [0.717, 1.165) is 17.5 Å². The van der Waals surface area contributed by atoms with Crippen molar-refractivity contribution in [2.24, 2.45) is 0 Å².